The molecule has 26 heavy (non-hydrogen) atoms. The molecule has 4 nitrogen and oxygen atoms in total. The summed E-state index contributed by atoms with van der Waals surface area (Å²) in [5.74, 6) is 3.10. The van der Waals surface area contributed by atoms with Gasteiger partial charge in [0.25, 0.3) is 0 Å². The van der Waals surface area contributed by atoms with Gasteiger partial charge in [0.1, 0.15) is 24.0 Å². The molecular formula is C22H25N3O. The number of rotatable bonds is 7. The largest absolute Gasteiger partial charge is 0.489 e. The number of unbranched alkanes of at least 4 members (excludes halogenated alkanes) is 2. The molecule has 1 aliphatic heterocycles. The fourth-order valence-electron chi connectivity index (χ4n) is 3.55. The third-order valence-corrected chi connectivity index (χ3v) is 4.96. The molecule has 1 aliphatic rings. The molecule has 0 spiro atoms. The van der Waals surface area contributed by atoms with Crippen LogP contribution in [0.4, 0.5) is 0 Å². The van der Waals surface area contributed by atoms with E-state index in [4.69, 9.17) is 4.74 Å². The first-order chi connectivity index (χ1) is 12.8. The van der Waals surface area contributed by atoms with Gasteiger partial charge in [-0.05, 0) is 42.2 Å². The van der Waals surface area contributed by atoms with Crippen molar-refractivity contribution in [1.29, 1.82) is 0 Å². The first-order valence-corrected chi connectivity index (χ1v) is 9.58. The van der Waals surface area contributed by atoms with Crippen LogP contribution in [0.5, 0.6) is 5.75 Å². The Morgan fingerprint density at radius 3 is 2.73 bits per heavy atom. The molecule has 0 N–H and O–H groups in total. The molecule has 0 amide bonds. The number of fused-ring (bicyclic) bond motifs is 3. The topological polar surface area (TPSA) is 39.9 Å². The Labute approximate surface area is 154 Å². The maximum atomic E-state index is 6.00. The molecular weight excluding hydrogens is 322 g/mol. The average molecular weight is 347 g/mol. The molecule has 0 saturated heterocycles. The van der Waals surface area contributed by atoms with Crippen molar-refractivity contribution in [3.8, 4) is 11.4 Å². The zero-order chi connectivity index (χ0) is 17.8. The van der Waals surface area contributed by atoms with Gasteiger partial charge in [-0.25, -0.2) is 0 Å². The molecule has 3 aromatic rings. The van der Waals surface area contributed by atoms with Crippen molar-refractivity contribution in [2.75, 3.05) is 0 Å². The summed E-state index contributed by atoms with van der Waals surface area (Å²) in [6, 6.07) is 16.7. The number of hydrogen-bond donors (Lipinski definition) is 0. The summed E-state index contributed by atoms with van der Waals surface area (Å²) in [4.78, 5) is 0. The molecule has 0 saturated carbocycles. The summed E-state index contributed by atoms with van der Waals surface area (Å²) in [5, 5.41) is 8.86. The second kappa shape index (κ2) is 7.73. The second-order valence-corrected chi connectivity index (χ2v) is 6.89. The minimum atomic E-state index is 0.597. The summed E-state index contributed by atoms with van der Waals surface area (Å²) in [5.41, 5.74) is 3.72. The SMILES string of the molecule is CCCCCc1nnc2n1-c1ccc(OCc3ccccc3)cc1CC2. The lowest BCUT2D eigenvalue weighted by molar-refractivity contribution is 0.306. The van der Waals surface area contributed by atoms with Crippen LogP contribution in [-0.2, 0) is 25.9 Å². The normalized spacial score (nSPS) is 12.5. The van der Waals surface area contributed by atoms with Gasteiger partial charge in [-0.3, -0.25) is 4.57 Å². The lowest BCUT2D eigenvalue weighted by Crippen LogP contribution is -2.14. The third-order valence-electron chi connectivity index (χ3n) is 4.96. The van der Waals surface area contributed by atoms with Gasteiger partial charge in [0, 0.05) is 12.8 Å². The molecule has 0 atom stereocenters. The fourth-order valence-corrected chi connectivity index (χ4v) is 3.55. The Kier molecular flexibility index (Phi) is 5.00. The van der Waals surface area contributed by atoms with Gasteiger partial charge < -0.3 is 4.74 Å². The molecule has 0 aliphatic carbocycles. The van der Waals surface area contributed by atoms with Gasteiger partial charge in [-0.15, -0.1) is 10.2 Å². The molecule has 0 unspecified atom stereocenters. The maximum Gasteiger partial charge on any atom is 0.137 e. The molecule has 1 aromatic heterocycles. The van der Waals surface area contributed by atoms with Crippen molar-refractivity contribution in [2.24, 2.45) is 0 Å². The number of ether oxygens (including phenoxy) is 1. The fraction of sp³-hybridized carbons (Fsp3) is 0.364. The molecule has 134 valence electrons. The predicted molar refractivity (Wildman–Crippen MR) is 103 cm³/mol. The van der Waals surface area contributed by atoms with Crippen LogP contribution in [0.25, 0.3) is 5.69 Å². The minimum Gasteiger partial charge on any atom is -0.489 e. The Bertz CT molecular complexity index is 870. The van der Waals surface area contributed by atoms with Gasteiger partial charge in [0.05, 0.1) is 5.69 Å². The maximum absolute atomic E-state index is 6.00. The average Bonchev–Trinajstić information content (AvgIpc) is 3.11. The van der Waals surface area contributed by atoms with Crippen LogP contribution in [-0.4, -0.2) is 14.8 Å². The monoisotopic (exact) mass is 347 g/mol. The Balaban J connectivity index is 1.53. The quantitative estimate of drug-likeness (QED) is 0.583. The Morgan fingerprint density at radius 2 is 1.88 bits per heavy atom. The van der Waals surface area contributed by atoms with Crippen molar-refractivity contribution >= 4 is 0 Å². The number of aryl methyl sites for hydroxylation is 3. The summed E-state index contributed by atoms with van der Waals surface area (Å²) < 4.78 is 8.26. The Hall–Kier alpha value is -2.62. The first kappa shape index (κ1) is 16.8. The summed E-state index contributed by atoms with van der Waals surface area (Å²) in [6.45, 7) is 2.82. The Morgan fingerprint density at radius 1 is 1.00 bits per heavy atom. The van der Waals surface area contributed by atoms with Crippen LogP contribution >= 0.6 is 0 Å². The predicted octanol–water partition coefficient (Wildman–Crippen LogP) is 4.68. The number of hydrogen-bond acceptors (Lipinski definition) is 3. The van der Waals surface area contributed by atoms with Gasteiger partial charge >= 0.3 is 0 Å². The highest BCUT2D eigenvalue weighted by Crippen LogP contribution is 2.29. The second-order valence-electron chi connectivity index (χ2n) is 6.89. The van der Waals surface area contributed by atoms with Crippen molar-refractivity contribution in [1.82, 2.24) is 14.8 Å². The summed E-state index contributed by atoms with van der Waals surface area (Å²) in [7, 11) is 0. The highest BCUT2D eigenvalue weighted by molar-refractivity contribution is 5.49. The molecule has 0 fully saturated rings. The zero-order valence-corrected chi connectivity index (χ0v) is 15.3. The van der Waals surface area contributed by atoms with Crippen LogP contribution in [0.3, 0.4) is 0 Å². The van der Waals surface area contributed by atoms with E-state index < -0.39 is 0 Å². The van der Waals surface area contributed by atoms with E-state index in [1.165, 1.54) is 36.1 Å². The highest BCUT2D eigenvalue weighted by atomic mass is 16.5. The van der Waals surface area contributed by atoms with Crippen LogP contribution in [0, 0.1) is 0 Å². The molecule has 2 heterocycles. The van der Waals surface area contributed by atoms with E-state index >= 15 is 0 Å². The van der Waals surface area contributed by atoms with Crippen LogP contribution < -0.4 is 4.74 Å². The van der Waals surface area contributed by atoms with Crippen molar-refractivity contribution in [3.05, 3.63) is 71.3 Å². The number of benzene rings is 2. The van der Waals surface area contributed by atoms with Gasteiger partial charge in [-0.2, -0.15) is 0 Å². The van der Waals surface area contributed by atoms with Crippen LogP contribution in [0.2, 0.25) is 0 Å². The summed E-state index contributed by atoms with van der Waals surface area (Å²) >= 11 is 0. The molecule has 0 radical (unpaired) electrons. The van der Waals surface area contributed by atoms with E-state index in [1.54, 1.807) is 0 Å². The lowest BCUT2D eigenvalue weighted by atomic mass is 10.0. The standard InChI is InChI=1S/C22H25N3O/c1-2-3-5-10-21-23-24-22-14-11-18-15-19(12-13-20(18)25(21)22)26-16-17-8-6-4-7-9-17/h4,6-9,12-13,15H,2-3,5,10-11,14,16H2,1H3. The van der Waals surface area contributed by atoms with E-state index in [0.717, 1.165) is 36.7 Å². The van der Waals surface area contributed by atoms with E-state index in [9.17, 15) is 0 Å². The van der Waals surface area contributed by atoms with E-state index in [-0.39, 0.29) is 0 Å². The van der Waals surface area contributed by atoms with E-state index in [0.29, 0.717) is 6.61 Å². The number of nitrogens with zero attached hydrogens (tertiary/aromatic N) is 3. The molecule has 0 bridgehead atoms. The van der Waals surface area contributed by atoms with E-state index in [2.05, 4.69) is 52.0 Å². The van der Waals surface area contributed by atoms with Gasteiger partial charge in [0.15, 0.2) is 0 Å². The van der Waals surface area contributed by atoms with Crippen molar-refractivity contribution < 1.29 is 4.74 Å². The molecule has 4 rings (SSSR count). The zero-order valence-electron chi connectivity index (χ0n) is 15.3. The highest BCUT2D eigenvalue weighted by Gasteiger charge is 2.21. The van der Waals surface area contributed by atoms with E-state index in [1.807, 2.05) is 18.2 Å². The van der Waals surface area contributed by atoms with Crippen LogP contribution in [0.1, 0.15) is 49.0 Å². The first-order valence-electron chi connectivity index (χ1n) is 9.58. The van der Waals surface area contributed by atoms with Crippen molar-refractivity contribution in [2.45, 2.75) is 52.1 Å². The molecule has 4 heteroatoms. The molecule has 2 aromatic carbocycles. The van der Waals surface area contributed by atoms with Crippen LogP contribution in [0.15, 0.2) is 48.5 Å². The smallest absolute Gasteiger partial charge is 0.137 e. The lowest BCUT2D eigenvalue weighted by Gasteiger charge is -2.20. The van der Waals surface area contributed by atoms with Gasteiger partial charge in [-0.1, -0.05) is 50.1 Å². The number of aromatic nitrogens is 3. The minimum absolute atomic E-state index is 0.597. The van der Waals surface area contributed by atoms with Crippen molar-refractivity contribution in [3.63, 3.8) is 0 Å². The van der Waals surface area contributed by atoms with Gasteiger partial charge in [0.2, 0.25) is 0 Å². The third kappa shape index (κ3) is 3.50. The summed E-state index contributed by atoms with van der Waals surface area (Å²) in [6.07, 6.45) is 6.55.